The molecule has 0 radical (unpaired) electrons. The number of nitrogens with zero attached hydrogens (tertiary/aromatic N) is 1. The zero-order chi connectivity index (χ0) is 17.1. The van der Waals surface area contributed by atoms with Gasteiger partial charge in [-0.1, -0.05) is 29.3 Å². The van der Waals surface area contributed by atoms with Crippen molar-refractivity contribution in [3.8, 4) is 6.07 Å². The number of rotatable bonds is 4. The van der Waals surface area contributed by atoms with Crippen LogP contribution in [0, 0.1) is 11.3 Å². The van der Waals surface area contributed by atoms with E-state index in [1.165, 1.54) is 18.0 Å². The first-order valence-electron chi connectivity index (χ1n) is 7.12. The predicted octanol–water partition coefficient (Wildman–Crippen LogP) is 4.86. The van der Waals surface area contributed by atoms with Crippen LogP contribution in [0.1, 0.15) is 23.7 Å². The quantitative estimate of drug-likeness (QED) is 0.824. The number of amides is 1. The fourth-order valence-electron chi connectivity index (χ4n) is 2.45. The molecule has 3 rings (SSSR count). The van der Waals surface area contributed by atoms with Crippen LogP contribution in [0.15, 0.2) is 51.6 Å². The largest absolute Gasteiger partial charge is 0.469 e. The summed E-state index contributed by atoms with van der Waals surface area (Å²) in [7, 11) is 0. The first kappa shape index (κ1) is 17.0. The van der Waals surface area contributed by atoms with Gasteiger partial charge in [0.15, 0.2) is 0 Å². The van der Waals surface area contributed by atoms with Crippen LogP contribution in [0.5, 0.6) is 0 Å². The van der Waals surface area contributed by atoms with Gasteiger partial charge in [0.1, 0.15) is 5.76 Å². The van der Waals surface area contributed by atoms with E-state index >= 15 is 0 Å². The summed E-state index contributed by atoms with van der Waals surface area (Å²) in [5.41, 5.74) is 1.38. The second kappa shape index (κ2) is 7.35. The van der Waals surface area contributed by atoms with E-state index in [0.717, 1.165) is 5.56 Å². The Morgan fingerprint density at radius 3 is 2.88 bits per heavy atom. The van der Waals surface area contributed by atoms with Gasteiger partial charge in [0.2, 0.25) is 5.91 Å². The molecule has 4 nitrogen and oxygen atoms in total. The molecule has 24 heavy (non-hydrogen) atoms. The van der Waals surface area contributed by atoms with Crippen LogP contribution in [-0.2, 0) is 10.5 Å². The summed E-state index contributed by atoms with van der Waals surface area (Å²) in [6.45, 7) is 0. The molecule has 1 atom stereocenters. The van der Waals surface area contributed by atoms with Crippen molar-refractivity contribution in [2.45, 2.75) is 18.1 Å². The highest BCUT2D eigenvalue weighted by Crippen LogP contribution is 2.37. The Hall–Kier alpha value is -1.87. The van der Waals surface area contributed by atoms with E-state index in [-0.39, 0.29) is 18.2 Å². The van der Waals surface area contributed by atoms with E-state index in [1.807, 2.05) is 6.07 Å². The molecule has 2 aromatic rings. The lowest BCUT2D eigenvalue weighted by Gasteiger charge is -2.23. The molecule has 0 saturated carbocycles. The minimum absolute atomic E-state index is 0.139. The van der Waals surface area contributed by atoms with Crippen molar-refractivity contribution >= 4 is 40.9 Å². The fourth-order valence-corrected chi connectivity index (χ4v) is 4.09. The predicted molar refractivity (Wildman–Crippen MR) is 94.6 cm³/mol. The topological polar surface area (TPSA) is 66.0 Å². The van der Waals surface area contributed by atoms with Gasteiger partial charge in [0, 0.05) is 22.2 Å². The molecule has 1 aromatic carbocycles. The number of allylic oxidation sites excluding steroid dienone is 1. The summed E-state index contributed by atoms with van der Waals surface area (Å²) in [5.74, 6) is 0.632. The number of halogens is 2. The minimum atomic E-state index is -0.359. The summed E-state index contributed by atoms with van der Waals surface area (Å²) in [5, 5.41) is 14.0. The van der Waals surface area contributed by atoms with Crippen LogP contribution < -0.4 is 5.32 Å². The average Bonchev–Trinajstić information content (AvgIpc) is 3.07. The lowest BCUT2D eigenvalue weighted by atomic mass is 9.92. The van der Waals surface area contributed by atoms with Gasteiger partial charge in [-0.05, 0) is 29.8 Å². The van der Waals surface area contributed by atoms with E-state index in [4.69, 9.17) is 27.6 Å². The van der Waals surface area contributed by atoms with Crippen LogP contribution in [-0.4, -0.2) is 5.91 Å². The Bertz CT molecular complexity index is 841. The Kier molecular flexibility index (Phi) is 5.20. The first-order valence-corrected chi connectivity index (χ1v) is 8.87. The molecule has 0 aliphatic carbocycles. The number of carbonyl (C=O) groups excluding carboxylic acids is 1. The van der Waals surface area contributed by atoms with Crippen LogP contribution in [0.3, 0.4) is 0 Å². The van der Waals surface area contributed by atoms with E-state index < -0.39 is 0 Å². The van der Waals surface area contributed by atoms with Crippen LogP contribution in [0.4, 0.5) is 0 Å². The number of nitriles is 1. The van der Waals surface area contributed by atoms with Crippen molar-refractivity contribution in [1.29, 1.82) is 5.26 Å². The van der Waals surface area contributed by atoms with Gasteiger partial charge in [-0.3, -0.25) is 4.79 Å². The van der Waals surface area contributed by atoms with Gasteiger partial charge in [-0.15, -0.1) is 11.8 Å². The van der Waals surface area contributed by atoms with Crippen molar-refractivity contribution < 1.29 is 9.21 Å². The zero-order valence-corrected chi connectivity index (χ0v) is 14.7. The van der Waals surface area contributed by atoms with Gasteiger partial charge >= 0.3 is 0 Å². The van der Waals surface area contributed by atoms with Gasteiger partial charge in [-0.2, -0.15) is 5.26 Å². The van der Waals surface area contributed by atoms with Gasteiger partial charge in [0.25, 0.3) is 0 Å². The number of thioether (sulfide) groups is 1. The summed E-state index contributed by atoms with van der Waals surface area (Å²) in [4.78, 5) is 12.0. The summed E-state index contributed by atoms with van der Waals surface area (Å²) >= 11 is 13.4. The Labute approximate surface area is 153 Å². The van der Waals surface area contributed by atoms with Crippen molar-refractivity contribution in [2.24, 2.45) is 0 Å². The molecule has 1 aromatic heterocycles. The molecule has 1 aliphatic heterocycles. The molecule has 0 fully saturated rings. The first-order chi connectivity index (χ1) is 11.6. The van der Waals surface area contributed by atoms with Crippen molar-refractivity contribution in [3.05, 3.63) is 68.6 Å². The molecule has 1 aliphatic rings. The van der Waals surface area contributed by atoms with Gasteiger partial charge < -0.3 is 9.73 Å². The second-order valence-electron chi connectivity index (χ2n) is 5.20. The second-order valence-corrected chi connectivity index (χ2v) is 7.03. The molecule has 122 valence electrons. The fraction of sp³-hybridized carbons (Fsp3) is 0.176. The minimum Gasteiger partial charge on any atom is -0.469 e. The van der Waals surface area contributed by atoms with E-state index in [1.54, 1.807) is 24.3 Å². The molecule has 0 bridgehead atoms. The summed E-state index contributed by atoms with van der Waals surface area (Å²) in [6.07, 6.45) is 1.74. The van der Waals surface area contributed by atoms with Crippen LogP contribution in [0.25, 0.3) is 0 Å². The lowest BCUT2D eigenvalue weighted by Crippen LogP contribution is -2.30. The van der Waals surface area contributed by atoms with Gasteiger partial charge in [0.05, 0.1) is 28.9 Å². The van der Waals surface area contributed by atoms with E-state index in [2.05, 4.69) is 11.4 Å². The molecule has 7 heteroatoms. The Balaban J connectivity index is 1.86. The Morgan fingerprint density at radius 1 is 1.38 bits per heavy atom. The Morgan fingerprint density at radius 2 is 2.21 bits per heavy atom. The molecular formula is C17H12Cl2N2O2S. The van der Waals surface area contributed by atoms with Crippen molar-refractivity contribution in [3.63, 3.8) is 0 Å². The highest BCUT2D eigenvalue weighted by Gasteiger charge is 2.31. The third-order valence-electron chi connectivity index (χ3n) is 3.63. The third kappa shape index (κ3) is 3.62. The van der Waals surface area contributed by atoms with Gasteiger partial charge in [-0.25, -0.2) is 0 Å². The highest BCUT2D eigenvalue weighted by molar-refractivity contribution is 8.02. The van der Waals surface area contributed by atoms with E-state index in [9.17, 15) is 10.1 Å². The molecule has 2 heterocycles. The number of furan rings is 1. The standard InChI is InChI=1S/C17H12Cl2N2O2S/c18-11-4-3-10(14(19)6-11)9-24-17-13(8-20)12(7-16(22)21-17)15-2-1-5-23-15/h1-6,12H,7,9H2,(H,21,22)/t12-/m1/s1. The molecule has 1 amide bonds. The maximum absolute atomic E-state index is 12.0. The van der Waals surface area contributed by atoms with Crippen LogP contribution in [0.2, 0.25) is 10.0 Å². The molecule has 0 saturated heterocycles. The number of hydrogen-bond acceptors (Lipinski definition) is 4. The van der Waals surface area contributed by atoms with E-state index in [0.29, 0.717) is 32.2 Å². The highest BCUT2D eigenvalue weighted by atomic mass is 35.5. The molecular weight excluding hydrogens is 367 g/mol. The average molecular weight is 379 g/mol. The number of benzene rings is 1. The third-order valence-corrected chi connectivity index (χ3v) is 5.28. The monoisotopic (exact) mass is 378 g/mol. The normalized spacial score (nSPS) is 17.5. The maximum atomic E-state index is 12.0. The van der Waals surface area contributed by atoms with Crippen molar-refractivity contribution in [1.82, 2.24) is 5.32 Å². The lowest BCUT2D eigenvalue weighted by molar-refractivity contribution is -0.120. The maximum Gasteiger partial charge on any atom is 0.225 e. The van der Waals surface area contributed by atoms with Crippen LogP contribution >= 0.6 is 35.0 Å². The molecule has 1 N–H and O–H groups in total. The number of hydrogen-bond donors (Lipinski definition) is 1. The SMILES string of the molecule is N#CC1=C(SCc2ccc(Cl)cc2Cl)NC(=O)C[C@H]1c1ccco1. The van der Waals surface area contributed by atoms with Crippen molar-refractivity contribution in [2.75, 3.05) is 0 Å². The zero-order valence-electron chi connectivity index (χ0n) is 12.4. The number of nitrogens with one attached hydrogen (secondary N) is 1. The summed E-state index contributed by atoms with van der Waals surface area (Å²) < 4.78 is 5.39. The smallest absolute Gasteiger partial charge is 0.225 e. The molecule has 0 unspecified atom stereocenters. The number of carbonyl (C=O) groups is 1. The molecule has 0 spiro atoms. The summed E-state index contributed by atoms with van der Waals surface area (Å²) in [6, 6.07) is 11.0.